The van der Waals surface area contributed by atoms with Gasteiger partial charge in [-0.15, -0.1) is 0 Å². The van der Waals surface area contributed by atoms with Gasteiger partial charge in [-0.05, 0) is 24.0 Å². The molecule has 2 unspecified atom stereocenters. The van der Waals surface area contributed by atoms with E-state index in [0.29, 0.717) is 6.54 Å². The van der Waals surface area contributed by atoms with Crippen LogP contribution < -0.4 is 5.32 Å². The van der Waals surface area contributed by atoms with Gasteiger partial charge in [0, 0.05) is 18.5 Å². The molecule has 3 heteroatoms. The first-order valence-corrected chi connectivity index (χ1v) is 6.67. The molecule has 0 radical (unpaired) electrons. The quantitative estimate of drug-likeness (QED) is 0.857. The monoisotopic (exact) mass is 247 g/mol. The van der Waals surface area contributed by atoms with Crippen LogP contribution in [0.5, 0.6) is 0 Å². The highest BCUT2D eigenvalue weighted by Gasteiger charge is 2.46. The Balaban J connectivity index is 2.39. The molecular formula is C15H21NO2. The number of hydrogen-bond acceptors (Lipinski definition) is 2. The van der Waals surface area contributed by atoms with Crippen molar-refractivity contribution in [1.29, 1.82) is 0 Å². The summed E-state index contributed by atoms with van der Waals surface area (Å²) in [5, 5.41) is 12.6. The molecule has 1 aliphatic heterocycles. The van der Waals surface area contributed by atoms with Crippen molar-refractivity contribution < 1.29 is 9.90 Å². The summed E-state index contributed by atoms with van der Waals surface area (Å²) < 4.78 is 0. The Kier molecular flexibility index (Phi) is 3.71. The van der Waals surface area contributed by atoms with Crippen LogP contribution in [0, 0.1) is 5.92 Å². The smallest absolute Gasteiger partial charge is 0.308 e. The maximum Gasteiger partial charge on any atom is 0.308 e. The van der Waals surface area contributed by atoms with Crippen molar-refractivity contribution in [1.82, 2.24) is 5.32 Å². The highest BCUT2D eigenvalue weighted by atomic mass is 16.4. The molecule has 98 valence electrons. The second-order valence-corrected chi connectivity index (χ2v) is 5.08. The highest BCUT2D eigenvalue weighted by Crippen LogP contribution is 2.38. The largest absolute Gasteiger partial charge is 0.481 e. The van der Waals surface area contributed by atoms with Gasteiger partial charge in [-0.2, -0.15) is 0 Å². The average molecular weight is 247 g/mol. The van der Waals surface area contributed by atoms with Gasteiger partial charge >= 0.3 is 5.97 Å². The van der Waals surface area contributed by atoms with E-state index in [9.17, 15) is 9.90 Å². The van der Waals surface area contributed by atoms with Gasteiger partial charge in [0.05, 0.1) is 5.92 Å². The van der Waals surface area contributed by atoms with E-state index >= 15 is 0 Å². The molecule has 0 aliphatic carbocycles. The van der Waals surface area contributed by atoms with E-state index in [1.807, 2.05) is 0 Å². The third-order valence-electron chi connectivity index (χ3n) is 4.32. The molecule has 2 atom stereocenters. The predicted molar refractivity (Wildman–Crippen MR) is 71.8 cm³/mol. The van der Waals surface area contributed by atoms with Crippen LogP contribution in [0.3, 0.4) is 0 Å². The Bertz CT molecular complexity index is 427. The third kappa shape index (κ3) is 2.03. The molecule has 2 N–H and O–H groups in total. The fourth-order valence-electron chi connectivity index (χ4n) is 3.03. The van der Waals surface area contributed by atoms with E-state index in [0.717, 1.165) is 24.9 Å². The van der Waals surface area contributed by atoms with Gasteiger partial charge < -0.3 is 10.4 Å². The van der Waals surface area contributed by atoms with E-state index in [4.69, 9.17) is 0 Å². The standard InChI is InChI=1S/C15H21NO2/c1-3-11-5-7-12(8-6-11)15(4-2)10-16-9-13(15)14(17)18/h5-8,13,16H,3-4,9-10H2,1-2H3,(H,17,18). The first-order valence-electron chi connectivity index (χ1n) is 6.67. The van der Waals surface area contributed by atoms with Gasteiger partial charge in [0.1, 0.15) is 0 Å². The van der Waals surface area contributed by atoms with Crippen molar-refractivity contribution in [3.8, 4) is 0 Å². The molecule has 3 nitrogen and oxygen atoms in total. The molecule has 0 bridgehead atoms. The van der Waals surface area contributed by atoms with Crippen LogP contribution >= 0.6 is 0 Å². The van der Waals surface area contributed by atoms with Crippen molar-refractivity contribution >= 4 is 5.97 Å². The summed E-state index contributed by atoms with van der Waals surface area (Å²) in [5.41, 5.74) is 2.19. The van der Waals surface area contributed by atoms with Crippen LogP contribution in [0.15, 0.2) is 24.3 Å². The number of aryl methyl sites for hydroxylation is 1. The zero-order valence-corrected chi connectivity index (χ0v) is 11.1. The normalized spacial score (nSPS) is 27.3. The summed E-state index contributed by atoms with van der Waals surface area (Å²) in [4.78, 5) is 11.4. The first kappa shape index (κ1) is 13.1. The number of hydrogen-bond donors (Lipinski definition) is 2. The SMILES string of the molecule is CCc1ccc(C2(CC)CNCC2C(=O)O)cc1. The third-order valence-corrected chi connectivity index (χ3v) is 4.32. The van der Waals surface area contributed by atoms with Gasteiger partial charge in [-0.25, -0.2) is 0 Å². The fourth-order valence-corrected chi connectivity index (χ4v) is 3.03. The van der Waals surface area contributed by atoms with Crippen molar-refractivity contribution in [2.45, 2.75) is 32.1 Å². The second-order valence-electron chi connectivity index (χ2n) is 5.08. The van der Waals surface area contributed by atoms with Gasteiger partial charge in [0.15, 0.2) is 0 Å². The summed E-state index contributed by atoms with van der Waals surface area (Å²) >= 11 is 0. The van der Waals surface area contributed by atoms with Crippen molar-refractivity contribution in [2.24, 2.45) is 5.92 Å². The summed E-state index contributed by atoms with van der Waals surface area (Å²) in [6, 6.07) is 8.44. The van der Waals surface area contributed by atoms with E-state index in [-0.39, 0.29) is 11.3 Å². The molecule has 0 spiro atoms. The van der Waals surface area contributed by atoms with Crippen LogP contribution in [0.4, 0.5) is 0 Å². The zero-order chi connectivity index (χ0) is 13.2. The summed E-state index contributed by atoms with van der Waals surface area (Å²) in [6.45, 7) is 5.53. The lowest BCUT2D eigenvalue weighted by Crippen LogP contribution is -2.38. The number of nitrogens with one attached hydrogen (secondary N) is 1. The van der Waals surface area contributed by atoms with Crippen molar-refractivity contribution in [3.63, 3.8) is 0 Å². The minimum absolute atomic E-state index is 0.252. The maximum atomic E-state index is 11.4. The van der Waals surface area contributed by atoms with Gasteiger partial charge in [0.25, 0.3) is 0 Å². The summed E-state index contributed by atoms with van der Waals surface area (Å²) in [7, 11) is 0. The van der Waals surface area contributed by atoms with Gasteiger partial charge in [0.2, 0.25) is 0 Å². The molecule has 1 fully saturated rings. The number of aliphatic carboxylic acids is 1. The van der Waals surface area contributed by atoms with Crippen LogP contribution in [-0.2, 0) is 16.6 Å². The van der Waals surface area contributed by atoms with Crippen LogP contribution in [0.25, 0.3) is 0 Å². The fraction of sp³-hybridized carbons (Fsp3) is 0.533. The van der Waals surface area contributed by atoms with Crippen molar-refractivity contribution in [2.75, 3.05) is 13.1 Å². The topological polar surface area (TPSA) is 49.3 Å². The second kappa shape index (κ2) is 5.11. The average Bonchev–Trinajstić information content (AvgIpc) is 2.84. The molecule has 0 saturated carbocycles. The van der Waals surface area contributed by atoms with Crippen molar-refractivity contribution in [3.05, 3.63) is 35.4 Å². The lowest BCUT2D eigenvalue weighted by Gasteiger charge is -2.32. The Labute approximate surface area is 108 Å². The van der Waals surface area contributed by atoms with Gasteiger partial charge in [-0.3, -0.25) is 4.79 Å². The molecule has 1 saturated heterocycles. The minimum atomic E-state index is -0.693. The predicted octanol–water partition coefficient (Wildman–Crippen LogP) is 2.20. The van der Waals surface area contributed by atoms with Crippen LogP contribution in [0.2, 0.25) is 0 Å². The molecule has 0 amide bonds. The van der Waals surface area contributed by atoms with Crippen LogP contribution in [0.1, 0.15) is 31.4 Å². The first-order chi connectivity index (χ1) is 8.64. The van der Waals surface area contributed by atoms with E-state index in [1.165, 1.54) is 5.56 Å². The number of rotatable bonds is 4. The lowest BCUT2D eigenvalue weighted by molar-refractivity contribution is -0.143. The minimum Gasteiger partial charge on any atom is -0.481 e. The molecule has 1 aliphatic rings. The Morgan fingerprint density at radius 3 is 2.56 bits per heavy atom. The zero-order valence-electron chi connectivity index (χ0n) is 11.1. The summed E-state index contributed by atoms with van der Waals surface area (Å²) in [6.07, 6.45) is 1.86. The molecule has 1 aromatic carbocycles. The van der Waals surface area contributed by atoms with Gasteiger partial charge in [-0.1, -0.05) is 38.1 Å². The molecule has 0 aromatic heterocycles. The number of carbonyl (C=O) groups is 1. The van der Waals surface area contributed by atoms with E-state index < -0.39 is 5.97 Å². The van der Waals surface area contributed by atoms with E-state index in [1.54, 1.807) is 0 Å². The van der Waals surface area contributed by atoms with E-state index in [2.05, 4.69) is 43.4 Å². The number of carboxylic acid groups (broad SMARTS) is 1. The number of benzene rings is 1. The Morgan fingerprint density at radius 1 is 1.39 bits per heavy atom. The Hall–Kier alpha value is -1.35. The molecule has 1 aromatic rings. The lowest BCUT2D eigenvalue weighted by atomic mass is 9.70. The maximum absolute atomic E-state index is 11.4. The molecule has 18 heavy (non-hydrogen) atoms. The van der Waals surface area contributed by atoms with Crippen LogP contribution in [-0.4, -0.2) is 24.2 Å². The molecular weight excluding hydrogens is 226 g/mol. The molecule has 2 rings (SSSR count). The highest BCUT2D eigenvalue weighted by molar-refractivity contribution is 5.73. The number of carboxylic acids is 1. The summed E-state index contributed by atoms with van der Waals surface area (Å²) in [5.74, 6) is -1.02. The molecule has 1 heterocycles. The Morgan fingerprint density at radius 2 is 2.06 bits per heavy atom.